The van der Waals surface area contributed by atoms with Gasteiger partial charge in [-0.15, -0.1) is 12.8 Å². The number of terminal acetylenes is 2. The molecule has 0 aliphatic heterocycles. The summed E-state index contributed by atoms with van der Waals surface area (Å²) in [5.41, 5.74) is 0.581. The normalized spacial score (nSPS) is 8.61. The van der Waals surface area contributed by atoms with Crippen LogP contribution in [0.4, 0.5) is 0 Å². The van der Waals surface area contributed by atoms with Crippen LogP contribution < -0.4 is 0 Å². The van der Waals surface area contributed by atoms with Gasteiger partial charge in [-0.2, -0.15) is 0 Å². The van der Waals surface area contributed by atoms with Gasteiger partial charge in [0.25, 0.3) is 0 Å². The molecule has 0 saturated carbocycles. The molecule has 3 heteroatoms. The van der Waals surface area contributed by atoms with Crippen LogP contribution in [-0.2, 0) is 9.57 Å². The maximum Gasteiger partial charge on any atom is 0.106 e. The first-order valence-corrected chi connectivity index (χ1v) is 5.69. The Kier molecular flexibility index (Phi) is 16.5. The minimum atomic E-state index is -0.361. The highest BCUT2D eigenvalue weighted by molar-refractivity contribution is 5.78. The summed E-state index contributed by atoms with van der Waals surface area (Å²) < 4.78 is 4.75. The van der Waals surface area contributed by atoms with Crippen molar-refractivity contribution in [1.82, 2.24) is 0 Å². The van der Waals surface area contributed by atoms with Crippen molar-refractivity contribution in [2.75, 3.05) is 14.2 Å². The zero-order valence-electron chi connectivity index (χ0n) is 13.0. The molecule has 0 fully saturated rings. The van der Waals surface area contributed by atoms with Gasteiger partial charge in [-0.05, 0) is 41.5 Å². The van der Waals surface area contributed by atoms with Crippen molar-refractivity contribution in [1.29, 1.82) is 0 Å². The molecular formula is C15H27NO2. The van der Waals surface area contributed by atoms with Gasteiger partial charge < -0.3 is 9.57 Å². The first-order chi connectivity index (χ1) is 8.16. The fraction of sp³-hybridized carbons (Fsp3) is 0.667. The molecule has 0 spiro atoms. The minimum absolute atomic E-state index is 0.361. The molecule has 0 unspecified atom stereocenters. The standard InChI is InChI=1S/C7H8.C4H9NO.C4H10O/c1-5-7(3,4)6-2;1-4(2)5-6-3;1-4(2)5-3/h1-2H,3-4H3;1-3H3;4H,1-3H3. The van der Waals surface area contributed by atoms with Gasteiger partial charge >= 0.3 is 0 Å². The van der Waals surface area contributed by atoms with E-state index in [1.807, 2.05) is 41.5 Å². The highest BCUT2D eigenvalue weighted by Crippen LogP contribution is 2.08. The molecule has 0 aliphatic carbocycles. The molecule has 0 amide bonds. The molecule has 0 radical (unpaired) electrons. The van der Waals surface area contributed by atoms with Crippen molar-refractivity contribution >= 4 is 5.71 Å². The summed E-state index contributed by atoms with van der Waals surface area (Å²) in [6.07, 6.45) is 10.4. The average Bonchev–Trinajstić information content (AvgIpc) is 2.30. The molecule has 0 aliphatic rings. The summed E-state index contributed by atoms with van der Waals surface area (Å²) in [5, 5.41) is 3.54. The maximum atomic E-state index is 5.02. The van der Waals surface area contributed by atoms with Crippen molar-refractivity contribution in [3.63, 3.8) is 0 Å². The molecule has 0 rings (SSSR count). The van der Waals surface area contributed by atoms with Crippen LogP contribution in [-0.4, -0.2) is 26.0 Å². The third kappa shape index (κ3) is 29.3. The molecule has 18 heavy (non-hydrogen) atoms. The van der Waals surface area contributed by atoms with E-state index in [0.717, 1.165) is 5.71 Å². The number of ether oxygens (including phenoxy) is 1. The van der Waals surface area contributed by atoms with Gasteiger partial charge in [0.15, 0.2) is 0 Å². The average molecular weight is 253 g/mol. The quantitative estimate of drug-likeness (QED) is 0.429. The van der Waals surface area contributed by atoms with Gasteiger partial charge in [0.1, 0.15) is 7.11 Å². The van der Waals surface area contributed by atoms with Gasteiger partial charge in [0.2, 0.25) is 0 Å². The third-order valence-electron chi connectivity index (χ3n) is 1.47. The van der Waals surface area contributed by atoms with Crippen LogP contribution in [0.5, 0.6) is 0 Å². The predicted octanol–water partition coefficient (Wildman–Crippen LogP) is 3.35. The van der Waals surface area contributed by atoms with E-state index in [2.05, 4.69) is 21.8 Å². The van der Waals surface area contributed by atoms with Crippen LogP contribution in [0.3, 0.4) is 0 Å². The Labute approximate surface area is 113 Å². The smallest absolute Gasteiger partial charge is 0.106 e. The van der Waals surface area contributed by atoms with Gasteiger partial charge in [0.05, 0.1) is 17.2 Å². The van der Waals surface area contributed by atoms with Crippen molar-refractivity contribution in [2.45, 2.75) is 47.6 Å². The van der Waals surface area contributed by atoms with Crippen LogP contribution in [0.2, 0.25) is 0 Å². The number of oxime groups is 1. The fourth-order valence-corrected chi connectivity index (χ4v) is 0.224. The van der Waals surface area contributed by atoms with E-state index < -0.39 is 0 Å². The van der Waals surface area contributed by atoms with Crippen LogP contribution in [0.15, 0.2) is 5.16 Å². The van der Waals surface area contributed by atoms with Crippen molar-refractivity contribution in [3.05, 3.63) is 0 Å². The zero-order valence-corrected chi connectivity index (χ0v) is 13.0. The second-order valence-electron chi connectivity index (χ2n) is 4.42. The number of hydrogen-bond acceptors (Lipinski definition) is 3. The van der Waals surface area contributed by atoms with Crippen LogP contribution in [0, 0.1) is 30.1 Å². The van der Waals surface area contributed by atoms with E-state index >= 15 is 0 Å². The number of hydrogen-bond donors (Lipinski definition) is 0. The summed E-state index contributed by atoms with van der Waals surface area (Å²) in [7, 11) is 3.23. The molecule has 0 saturated heterocycles. The summed E-state index contributed by atoms with van der Waals surface area (Å²) in [4.78, 5) is 4.39. The molecular weight excluding hydrogens is 226 g/mol. The topological polar surface area (TPSA) is 30.8 Å². The van der Waals surface area contributed by atoms with Crippen molar-refractivity contribution < 1.29 is 9.57 Å². The van der Waals surface area contributed by atoms with E-state index in [4.69, 9.17) is 17.6 Å². The number of rotatable bonds is 2. The minimum Gasteiger partial charge on any atom is -0.399 e. The lowest BCUT2D eigenvalue weighted by atomic mass is 9.97. The van der Waals surface area contributed by atoms with E-state index in [1.165, 1.54) is 7.11 Å². The highest BCUT2D eigenvalue weighted by atomic mass is 16.6. The van der Waals surface area contributed by atoms with Gasteiger partial charge in [0, 0.05) is 7.11 Å². The third-order valence-corrected chi connectivity index (χ3v) is 1.47. The number of methoxy groups -OCH3 is 1. The molecule has 0 aromatic heterocycles. The maximum absolute atomic E-state index is 5.02. The summed E-state index contributed by atoms with van der Waals surface area (Å²) >= 11 is 0. The van der Waals surface area contributed by atoms with E-state index in [-0.39, 0.29) is 5.41 Å². The van der Waals surface area contributed by atoms with Crippen molar-refractivity contribution in [3.8, 4) is 24.7 Å². The number of nitrogens with zero attached hydrogens (tertiary/aromatic N) is 1. The van der Waals surface area contributed by atoms with Crippen molar-refractivity contribution in [2.24, 2.45) is 10.6 Å². The van der Waals surface area contributed by atoms with E-state index in [0.29, 0.717) is 6.10 Å². The lowest BCUT2D eigenvalue weighted by molar-refractivity contribution is 0.134. The largest absolute Gasteiger partial charge is 0.399 e. The Morgan fingerprint density at radius 1 is 1.11 bits per heavy atom. The lowest BCUT2D eigenvalue weighted by Gasteiger charge is -2.04. The zero-order chi connectivity index (χ0) is 15.2. The Morgan fingerprint density at radius 3 is 1.44 bits per heavy atom. The molecule has 0 aromatic rings. The molecule has 0 heterocycles. The molecule has 0 atom stereocenters. The molecule has 0 aromatic carbocycles. The highest BCUT2D eigenvalue weighted by Gasteiger charge is 2.05. The second-order valence-corrected chi connectivity index (χ2v) is 4.42. The Bertz CT molecular complexity index is 271. The van der Waals surface area contributed by atoms with Gasteiger partial charge in [-0.3, -0.25) is 0 Å². The predicted molar refractivity (Wildman–Crippen MR) is 79.4 cm³/mol. The Balaban J connectivity index is -0.000000190. The SMILES string of the molecule is C#CC(C)(C)C#C.COC(C)C.CON=C(C)C. The Morgan fingerprint density at radius 2 is 1.44 bits per heavy atom. The van der Waals surface area contributed by atoms with E-state index in [9.17, 15) is 0 Å². The molecule has 0 bridgehead atoms. The second kappa shape index (κ2) is 13.6. The van der Waals surface area contributed by atoms with Gasteiger partial charge in [-0.1, -0.05) is 17.0 Å². The lowest BCUT2D eigenvalue weighted by Crippen LogP contribution is -2.01. The fourth-order valence-electron chi connectivity index (χ4n) is 0.224. The molecule has 104 valence electrons. The Hall–Kier alpha value is -1.45. The van der Waals surface area contributed by atoms with Crippen LogP contribution in [0.25, 0.3) is 0 Å². The first-order valence-electron chi connectivity index (χ1n) is 5.69. The van der Waals surface area contributed by atoms with Gasteiger partial charge in [-0.25, -0.2) is 0 Å². The van der Waals surface area contributed by atoms with Crippen LogP contribution in [0.1, 0.15) is 41.5 Å². The molecule has 0 N–H and O–H groups in total. The molecule has 3 nitrogen and oxygen atoms in total. The summed E-state index contributed by atoms with van der Waals surface area (Å²) in [5.74, 6) is 4.91. The summed E-state index contributed by atoms with van der Waals surface area (Å²) in [6.45, 7) is 11.4. The van der Waals surface area contributed by atoms with Crippen LogP contribution >= 0.6 is 0 Å². The summed E-state index contributed by atoms with van der Waals surface area (Å²) in [6, 6.07) is 0. The monoisotopic (exact) mass is 253 g/mol. The van der Waals surface area contributed by atoms with E-state index in [1.54, 1.807) is 7.11 Å². The first kappa shape index (κ1) is 21.8.